The number of benzene rings is 2. The van der Waals surface area contributed by atoms with Gasteiger partial charge in [0.25, 0.3) is 11.8 Å². The highest BCUT2D eigenvalue weighted by Crippen LogP contribution is 2.36. The van der Waals surface area contributed by atoms with Crippen LogP contribution in [0.3, 0.4) is 0 Å². The molecule has 0 aliphatic heterocycles. The molecule has 0 bridgehead atoms. The number of carbonyl (C=O) groups is 2. The predicted octanol–water partition coefficient (Wildman–Crippen LogP) is 5.72. The molecule has 1 heterocycles. The normalized spacial score (nSPS) is 11.3. The first kappa shape index (κ1) is 20.1. The van der Waals surface area contributed by atoms with Crippen LogP contribution in [0.2, 0.25) is 5.02 Å². The van der Waals surface area contributed by atoms with Crippen molar-refractivity contribution in [2.24, 2.45) is 5.73 Å². The Morgan fingerprint density at radius 1 is 1.00 bits per heavy atom. The number of rotatable bonds is 4. The van der Waals surface area contributed by atoms with Gasteiger partial charge in [0, 0.05) is 15.5 Å². The van der Waals surface area contributed by atoms with E-state index >= 15 is 0 Å². The average molecular weight is 413 g/mol. The summed E-state index contributed by atoms with van der Waals surface area (Å²) in [5.41, 5.74) is 8.63. The van der Waals surface area contributed by atoms with Crippen molar-refractivity contribution in [2.75, 3.05) is 5.32 Å². The van der Waals surface area contributed by atoms with E-state index in [0.717, 1.165) is 10.4 Å². The van der Waals surface area contributed by atoms with Crippen molar-refractivity contribution >= 4 is 40.4 Å². The Labute approximate surface area is 173 Å². The quantitative estimate of drug-likeness (QED) is 0.575. The number of anilines is 1. The molecular weight excluding hydrogens is 392 g/mol. The number of carbonyl (C=O) groups excluding carboxylic acids is 2. The Kier molecular flexibility index (Phi) is 5.59. The fraction of sp³-hybridized carbons (Fsp3) is 0.182. The van der Waals surface area contributed by atoms with Crippen molar-refractivity contribution in [3.8, 4) is 10.4 Å². The molecule has 0 spiro atoms. The predicted molar refractivity (Wildman–Crippen MR) is 116 cm³/mol. The zero-order valence-corrected chi connectivity index (χ0v) is 17.4. The molecule has 3 N–H and O–H groups in total. The molecule has 0 fully saturated rings. The van der Waals surface area contributed by atoms with Gasteiger partial charge in [-0.3, -0.25) is 9.59 Å². The minimum atomic E-state index is -0.575. The van der Waals surface area contributed by atoms with Crippen LogP contribution in [0.25, 0.3) is 10.4 Å². The fourth-order valence-electron chi connectivity index (χ4n) is 2.74. The van der Waals surface area contributed by atoms with Gasteiger partial charge in [0.15, 0.2) is 0 Å². The number of amides is 2. The fourth-order valence-corrected chi connectivity index (χ4v) is 3.84. The number of nitrogens with two attached hydrogens (primary N) is 1. The SMILES string of the molecule is CC(C)(C)c1ccc(-c2cc(NC(=O)c3ccc(Cl)cc3)c(C(N)=O)s2)cc1. The molecule has 144 valence electrons. The number of primary amides is 1. The zero-order valence-electron chi connectivity index (χ0n) is 15.9. The van der Waals surface area contributed by atoms with Gasteiger partial charge in [-0.2, -0.15) is 0 Å². The van der Waals surface area contributed by atoms with Crippen LogP contribution in [0.1, 0.15) is 46.4 Å². The van der Waals surface area contributed by atoms with E-state index in [2.05, 4.69) is 38.2 Å². The smallest absolute Gasteiger partial charge is 0.260 e. The molecule has 0 saturated carbocycles. The molecule has 0 saturated heterocycles. The summed E-state index contributed by atoms with van der Waals surface area (Å²) in [5, 5.41) is 3.33. The molecule has 0 aliphatic carbocycles. The summed E-state index contributed by atoms with van der Waals surface area (Å²) in [7, 11) is 0. The summed E-state index contributed by atoms with van der Waals surface area (Å²) in [6.45, 7) is 6.47. The molecule has 2 aromatic carbocycles. The van der Waals surface area contributed by atoms with E-state index in [1.54, 1.807) is 30.3 Å². The van der Waals surface area contributed by atoms with Crippen molar-refractivity contribution in [2.45, 2.75) is 26.2 Å². The highest BCUT2D eigenvalue weighted by atomic mass is 35.5. The first-order chi connectivity index (χ1) is 13.1. The Hall–Kier alpha value is -2.63. The lowest BCUT2D eigenvalue weighted by Crippen LogP contribution is -2.16. The summed E-state index contributed by atoms with van der Waals surface area (Å²) in [6, 6.07) is 16.5. The lowest BCUT2D eigenvalue weighted by atomic mass is 9.86. The van der Waals surface area contributed by atoms with E-state index in [-0.39, 0.29) is 11.3 Å². The van der Waals surface area contributed by atoms with E-state index in [1.807, 2.05) is 12.1 Å². The maximum absolute atomic E-state index is 12.5. The molecule has 0 radical (unpaired) electrons. The summed E-state index contributed by atoms with van der Waals surface area (Å²) >= 11 is 7.13. The van der Waals surface area contributed by atoms with Gasteiger partial charge < -0.3 is 11.1 Å². The van der Waals surface area contributed by atoms with E-state index in [0.29, 0.717) is 21.2 Å². The lowest BCUT2D eigenvalue weighted by molar-refractivity contribution is 0.100. The van der Waals surface area contributed by atoms with Gasteiger partial charge in [-0.25, -0.2) is 0 Å². The molecule has 2 amide bonds. The number of nitrogens with one attached hydrogen (secondary N) is 1. The van der Waals surface area contributed by atoms with Crippen LogP contribution < -0.4 is 11.1 Å². The van der Waals surface area contributed by atoms with Crippen molar-refractivity contribution < 1.29 is 9.59 Å². The molecule has 0 aliphatic rings. The zero-order chi connectivity index (χ0) is 20.5. The molecule has 0 unspecified atom stereocenters. The van der Waals surface area contributed by atoms with Gasteiger partial charge in [-0.15, -0.1) is 11.3 Å². The Bertz CT molecular complexity index is 1020. The van der Waals surface area contributed by atoms with Crippen LogP contribution in [0.5, 0.6) is 0 Å². The number of thiophene rings is 1. The van der Waals surface area contributed by atoms with Gasteiger partial charge >= 0.3 is 0 Å². The van der Waals surface area contributed by atoms with E-state index < -0.39 is 5.91 Å². The number of hydrogen-bond acceptors (Lipinski definition) is 3. The third kappa shape index (κ3) is 4.43. The molecule has 4 nitrogen and oxygen atoms in total. The van der Waals surface area contributed by atoms with Crippen molar-refractivity contribution in [3.63, 3.8) is 0 Å². The van der Waals surface area contributed by atoms with Gasteiger partial charge in [-0.1, -0.05) is 56.6 Å². The molecular formula is C22H21ClN2O2S. The van der Waals surface area contributed by atoms with Gasteiger partial charge in [-0.05, 0) is 46.9 Å². The second-order valence-corrected chi connectivity index (χ2v) is 8.99. The third-order valence-electron chi connectivity index (χ3n) is 4.35. The minimum Gasteiger partial charge on any atom is -0.365 e. The van der Waals surface area contributed by atoms with Crippen LogP contribution in [-0.2, 0) is 5.41 Å². The summed E-state index contributed by atoms with van der Waals surface area (Å²) < 4.78 is 0. The molecule has 3 rings (SSSR count). The van der Waals surface area contributed by atoms with E-state index in [4.69, 9.17) is 17.3 Å². The monoisotopic (exact) mass is 412 g/mol. The highest BCUT2D eigenvalue weighted by Gasteiger charge is 2.19. The van der Waals surface area contributed by atoms with Crippen LogP contribution in [0.15, 0.2) is 54.6 Å². The van der Waals surface area contributed by atoms with Crippen LogP contribution >= 0.6 is 22.9 Å². The van der Waals surface area contributed by atoms with Crippen molar-refractivity contribution in [1.82, 2.24) is 0 Å². The summed E-state index contributed by atoms with van der Waals surface area (Å²) in [6.07, 6.45) is 0. The van der Waals surface area contributed by atoms with Gasteiger partial charge in [0.1, 0.15) is 4.88 Å². The maximum atomic E-state index is 12.5. The van der Waals surface area contributed by atoms with Crippen LogP contribution in [0.4, 0.5) is 5.69 Å². The summed E-state index contributed by atoms with van der Waals surface area (Å²) in [4.78, 5) is 25.6. The first-order valence-corrected chi connectivity index (χ1v) is 9.96. The van der Waals surface area contributed by atoms with E-state index in [1.165, 1.54) is 16.9 Å². The standard InChI is InChI=1S/C22H21ClN2O2S/c1-22(2,3)15-8-4-13(5-9-15)18-12-17(19(28-18)20(24)26)25-21(27)14-6-10-16(23)11-7-14/h4-12H,1-3H3,(H2,24,26)(H,25,27). The third-order valence-corrected chi connectivity index (χ3v) is 5.80. The maximum Gasteiger partial charge on any atom is 0.260 e. The highest BCUT2D eigenvalue weighted by molar-refractivity contribution is 7.18. The number of hydrogen-bond donors (Lipinski definition) is 2. The number of halogens is 1. The summed E-state index contributed by atoms with van der Waals surface area (Å²) in [5.74, 6) is -0.902. The second-order valence-electron chi connectivity index (χ2n) is 7.51. The van der Waals surface area contributed by atoms with Crippen molar-refractivity contribution in [1.29, 1.82) is 0 Å². The van der Waals surface area contributed by atoms with Gasteiger partial charge in [0.05, 0.1) is 5.69 Å². The molecule has 0 atom stereocenters. The minimum absolute atomic E-state index is 0.0596. The Morgan fingerprint density at radius 3 is 2.14 bits per heavy atom. The Balaban J connectivity index is 1.90. The Morgan fingerprint density at radius 2 is 1.61 bits per heavy atom. The molecule has 6 heteroatoms. The largest absolute Gasteiger partial charge is 0.365 e. The van der Waals surface area contributed by atoms with Crippen LogP contribution in [0, 0.1) is 0 Å². The lowest BCUT2D eigenvalue weighted by Gasteiger charge is -2.18. The second kappa shape index (κ2) is 7.78. The average Bonchev–Trinajstić information content (AvgIpc) is 3.05. The first-order valence-electron chi connectivity index (χ1n) is 8.76. The van der Waals surface area contributed by atoms with E-state index in [9.17, 15) is 9.59 Å². The van der Waals surface area contributed by atoms with Gasteiger partial charge in [0.2, 0.25) is 0 Å². The molecule has 28 heavy (non-hydrogen) atoms. The van der Waals surface area contributed by atoms with Crippen LogP contribution in [-0.4, -0.2) is 11.8 Å². The molecule has 3 aromatic rings. The topological polar surface area (TPSA) is 72.2 Å². The van der Waals surface area contributed by atoms with Crippen molar-refractivity contribution in [3.05, 3.63) is 75.6 Å². The molecule has 1 aromatic heterocycles.